The van der Waals surface area contributed by atoms with Gasteiger partial charge in [0.25, 0.3) is 0 Å². The quantitative estimate of drug-likeness (QED) is 0.861. The molecule has 1 aromatic heterocycles. The maximum absolute atomic E-state index is 5.53. The Morgan fingerprint density at radius 1 is 1.35 bits per heavy atom. The highest BCUT2D eigenvalue weighted by Gasteiger charge is 2.18. The zero-order chi connectivity index (χ0) is 14.5. The summed E-state index contributed by atoms with van der Waals surface area (Å²) in [7, 11) is 3.68. The summed E-state index contributed by atoms with van der Waals surface area (Å²) < 4.78 is 12.0. The van der Waals surface area contributed by atoms with Gasteiger partial charge in [-0.3, -0.25) is 0 Å². The Labute approximate surface area is 128 Å². The molecule has 20 heavy (non-hydrogen) atoms. The van der Waals surface area contributed by atoms with E-state index in [0.29, 0.717) is 0 Å². The molecule has 0 fully saturated rings. The molecule has 0 aliphatic carbocycles. The van der Waals surface area contributed by atoms with Crippen LogP contribution in [0.15, 0.2) is 39.4 Å². The minimum absolute atomic E-state index is 0.215. The van der Waals surface area contributed by atoms with Crippen molar-refractivity contribution in [3.05, 3.63) is 51.9 Å². The average molecular weight is 338 g/mol. The van der Waals surface area contributed by atoms with Crippen LogP contribution in [0.5, 0.6) is 5.75 Å². The van der Waals surface area contributed by atoms with Gasteiger partial charge in [0.15, 0.2) is 0 Å². The van der Waals surface area contributed by atoms with E-state index in [9.17, 15) is 0 Å². The van der Waals surface area contributed by atoms with E-state index in [-0.39, 0.29) is 6.04 Å². The van der Waals surface area contributed by atoms with Crippen LogP contribution in [0, 0.1) is 0 Å². The van der Waals surface area contributed by atoms with E-state index in [1.807, 2.05) is 25.2 Å². The highest BCUT2D eigenvalue weighted by molar-refractivity contribution is 9.10. The smallest absolute Gasteiger partial charge is 0.122 e. The summed E-state index contributed by atoms with van der Waals surface area (Å²) >= 11 is 3.52. The van der Waals surface area contributed by atoms with E-state index in [4.69, 9.17) is 9.15 Å². The standard InChI is InChI=1S/C16H20BrNO2/c1-4-15-13(7-8-20-15)14(18-2)10-11-9-12(17)5-6-16(11)19-3/h5-9,14,18H,4,10H2,1-3H3. The molecule has 1 aromatic carbocycles. The van der Waals surface area contributed by atoms with Crippen molar-refractivity contribution in [1.82, 2.24) is 5.32 Å². The Morgan fingerprint density at radius 2 is 2.15 bits per heavy atom. The number of hydrogen-bond donors (Lipinski definition) is 1. The molecule has 108 valence electrons. The fourth-order valence-corrected chi connectivity index (χ4v) is 2.85. The number of nitrogens with one attached hydrogen (secondary N) is 1. The van der Waals surface area contributed by atoms with Gasteiger partial charge in [0.1, 0.15) is 11.5 Å². The van der Waals surface area contributed by atoms with Crippen LogP contribution in [0.3, 0.4) is 0 Å². The third-order valence-electron chi connectivity index (χ3n) is 3.49. The van der Waals surface area contributed by atoms with Gasteiger partial charge in [-0.25, -0.2) is 0 Å². The monoisotopic (exact) mass is 337 g/mol. The number of aryl methyl sites for hydroxylation is 1. The van der Waals surface area contributed by atoms with Gasteiger partial charge in [-0.1, -0.05) is 22.9 Å². The first-order chi connectivity index (χ1) is 9.69. The van der Waals surface area contributed by atoms with Crippen LogP contribution in [-0.4, -0.2) is 14.2 Å². The van der Waals surface area contributed by atoms with Crippen molar-refractivity contribution < 1.29 is 9.15 Å². The lowest BCUT2D eigenvalue weighted by atomic mass is 9.98. The number of methoxy groups -OCH3 is 1. The van der Waals surface area contributed by atoms with Crippen LogP contribution in [0.25, 0.3) is 0 Å². The molecule has 0 bridgehead atoms. The summed E-state index contributed by atoms with van der Waals surface area (Å²) in [6.07, 6.45) is 3.51. The summed E-state index contributed by atoms with van der Waals surface area (Å²) in [5.74, 6) is 1.95. The van der Waals surface area contributed by atoms with Crippen LogP contribution in [0.4, 0.5) is 0 Å². The fraction of sp³-hybridized carbons (Fsp3) is 0.375. The van der Waals surface area contributed by atoms with Crippen LogP contribution in [0.2, 0.25) is 0 Å². The maximum Gasteiger partial charge on any atom is 0.122 e. The molecule has 0 aliphatic heterocycles. The third-order valence-corrected chi connectivity index (χ3v) is 3.98. The highest BCUT2D eigenvalue weighted by atomic mass is 79.9. The molecule has 3 nitrogen and oxygen atoms in total. The minimum Gasteiger partial charge on any atom is -0.496 e. The van der Waals surface area contributed by atoms with Crippen molar-refractivity contribution in [3.63, 3.8) is 0 Å². The van der Waals surface area contributed by atoms with Gasteiger partial charge < -0.3 is 14.5 Å². The Hall–Kier alpha value is -1.26. The van der Waals surface area contributed by atoms with E-state index in [1.165, 1.54) is 11.1 Å². The molecule has 0 aliphatic rings. The molecule has 0 spiro atoms. The molecule has 1 heterocycles. The van der Waals surface area contributed by atoms with Gasteiger partial charge in [0, 0.05) is 22.5 Å². The summed E-state index contributed by atoms with van der Waals surface area (Å²) in [5, 5.41) is 3.37. The van der Waals surface area contributed by atoms with Crippen molar-refractivity contribution in [3.8, 4) is 5.75 Å². The van der Waals surface area contributed by atoms with Crippen LogP contribution in [0.1, 0.15) is 29.9 Å². The second kappa shape index (κ2) is 6.95. The first kappa shape index (κ1) is 15.1. The van der Waals surface area contributed by atoms with Crippen LogP contribution < -0.4 is 10.1 Å². The van der Waals surface area contributed by atoms with E-state index >= 15 is 0 Å². The maximum atomic E-state index is 5.53. The van der Waals surface area contributed by atoms with Crippen molar-refractivity contribution in [2.75, 3.05) is 14.2 Å². The molecule has 4 heteroatoms. The van der Waals surface area contributed by atoms with E-state index in [0.717, 1.165) is 28.8 Å². The first-order valence-corrected chi connectivity index (χ1v) is 7.54. The van der Waals surface area contributed by atoms with E-state index in [1.54, 1.807) is 13.4 Å². The summed E-state index contributed by atoms with van der Waals surface area (Å²) in [4.78, 5) is 0. The highest BCUT2D eigenvalue weighted by Crippen LogP contribution is 2.29. The largest absolute Gasteiger partial charge is 0.496 e. The molecular weight excluding hydrogens is 318 g/mol. The van der Waals surface area contributed by atoms with Gasteiger partial charge in [-0.15, -0.1) is 0 Å². The Kier molecular flexibility index (Phi) is 5.26. The summed E-state index contributed by atoms with van der Waals surface area (Å²) in [6, 6.07) is 8.35. The average Bonchev–Trinajstić information content (AvgIpc) is 2.93. The molecule has 1 unspecified atom stereocenters. The number of benzene rings is 1. The molecular formula is C16H20BrNO2. The lowest BCUT2D eigenvalue weighted by Gasteiger charge is -2.18. The molecule has 0 radical (unpaired) electrons. The molecule has 1 atom stereocenters. The predicted octanol–water partition coefficient (Wildman–Crippen LogP) is 4.12. The first-order valence-electron chi connectivity index (χ1n) is 6.75. The van der Waals surface area contributed by atoms with E-state index in [2.05, 4.69) is 34.2 Å². The zero-order valence-corrected chi connectivity index (χ0v) is 13.7. The second-order valence-corrected chi connectivity index (χ2v) is 5.57. The lowest BCUT2D eigenvalue weighted by Crippen LogP contribution is -2.19. The molecule has 2 aromatic rings. The van der Waals surface area contributed by atoms with Crippen molar-refractivity contribution in [2.45, 2.75) is 25.8 Å². The summed E-state index contributed by atoms with van der Waals surface area (Å²) in [5.41, 5.74) is 2.39. The number of furan rings is 1. The van der Waals surface area contributed by atoms with Crippen LogP contribution in [-0.2, 0) is 12.8 Å². The molecule has 0 saturated heterocycles. The lowest BCUT2D eigenvalue weighted by molar-refractivity contribution is 0.406. The number of halogens is 1. The molecule has 0 saturated carbocycles. The zero-order valence-electron chi connectivity index (χ0n) is 12.1. The fourth-order valence-electron chi connectivity index (χ4n) is 2.44. The van der Waals surface area contributed by atoms with Crippen LogP contribution >= 0.6 is 15.9 Å². The molecule has 2 rings (SSSR count). The van der Waals surface area contributed by atoms with Gasteiger partial charge in [0.2, 0.25) is 0 Å². The van der Waals surface area contributed by atoms with E-state index < -0.39 is 0 Å². The minimum atomic E-state index is 0.215. The second-order valence-electron chi connectivity index (χ2n) is 4.65. The number of rotatable bonds is 6. The van der Waals surface area contributed by atoms with Crippen molar-refractivity contribution in [2.24, 2.45) is 0 Å². The number of hydrogen-bond acceptors (Lipinski definition) is 3. The van der Waals surface area contributed by atoms with Gasteiger partial charge in [-0.2, -0.15) is 0 Å². The molecule has 1 N–H and O–H groups in total. The third kappa shape index (κ3) is 3.25. The Balaban J connectivity index is 2.29. The Morgan fingerprint density at radius 3 is 2.80 bits per heavy atom. The number of ether oxygens (including phenoxy) is 1. The van der Waals surface area contributed by atoms with Gasteiger partial charge in [-0.05, 0) is 43.3 Å². The normalized spacial score (nSPS) is 12.4. The topological polar surface area (TPSA) is 34.4 Å². The Bertz CT molecular complexity index is 565. The van der Waals surface area contributed by atoms with Gasteiger partial charge in [0.05, 0.1) is 13.4 Å². The SMILES string of the molecule is CCc1occc1C(Cc1cc(Br)ccc1OC)NC. The predicted molar refractivity (Wildman–Crippen MR) is 84.3 cm³/mol. The summed E-state index contributed by atoms with van der Waals surface area (Å²) in [6.45, 7) is 2.11. The number of likely N-dealkylation sites (N-methyl/N-ethyl adjacent to an activating group) is 1. The molecule has 0 amide bonds. The van der Waals surface area contributed by atoms with Crippen molar-refractivity contribution >= 4 is 15.9 Å². The van der Waals surface area contributed by atoms with Gasteiger partial charge >= 0.3 is 0 Å². The van der Waals surface area contributed by atoms with Crippen molar-refractivity contribution in [1.29, 1.82) is 0 Å².